The van der Waals surface area contributed by atoms with E-state index in [4.69, 9.17) is 0 Å². The Morgan fingerprint density at radius 1 is 1.05 bits per heavy atom. The predicted octanol–water partition coefficient (Wildman–Crippen LogP) is 4.09. The zero-order valence-corrected chi connectivity index (χ0v) is 13.8. The third-order valence-electron chi connectivity index (χ3n) is 4.79. The van der Waals surface area contributed by atoms with Crippen molar-refractivity contribution in [1.82, 2.24) is 4.90 Å². The third-order valence-corrected chi connectivity index (χ3v) is 4.79. The lowest BCUT2D eigenvalue weighted by Crippen LogP contribution is -2.30. The summed E-state index contributed by atoms with van der Waals surface area (Å²) in [4.78, 5) is 2.39. The number of nitrogens with zero attached hydrogens (tertiary/aromatic N) is 1. The summed E-state index contributed by atoms with van der Waals surface area (Å²) in [5, 5.41) is 13.5. The number of aryl methyl sites for hydroxylation is 2. The molecular weight excluding hydrogens is 270 g/mol. The highest BCUT2D eigenvalue weighted by atomic mass is 16.3. The van der Waals surface area contributed by atoms with Gasteiger partial charge in [-0.2, -0.15) is 0 Å². The van der Waals surface area contributed by atoms with Crippen LogP contribution in [0.2, 0.25) is 0 Å². The molecule has 2 nitrogen and oxygen atoms in total. The number of aliphatic hydroxyl groups excluding tert-OH is 1. The molecule has 1 unspecified atom stereocenters. The maximum Gasteiger partial charge on any atom is 0.0919 e. The summed E-state index contributed by atoms with van der Waals surface area (Å²) in [6.45, 7) is 7.30. The second-order valence-electron chi connectivity index (χ2n) is 6.46. The summed E-state index contributed by atoms with van der Waals surface area (Å²) < 4.78 is 0. The van der Waals surface area contributed by atoms with Crippen molar-refractivity contribution in [3.05, 3.63) is 47.0 Å². The van der Waals surface area contributed by atoms with E-state index in [1.807, 2.05) is 0 Å². The van der Waals surface area contributed by atoms with Gasteiger partial charge in [-0.25, -0.2) is 0 Å². The lowest BCUT2D eigenvalue weighted by atomic mass is 9.96. The number of hydrogen-bond donors (Lipinski definition) is 1. The van der Waals surface area contributed by atoms with E-state index in [-0.39, 0.29) is 6.10 Å². The molecule has 0 saturated heterocycles. The van der Waals surface area contributed by atoms with Crippen LogP contribution in [0.1, 0.15) is 49.5 Å². The summed E-state index contributed by atoms with van der Waals surface area (Å²) in [5.74, 6) is 0. The minimum atomic E-state index is -0.372. The molecule has 2 aromatic rings. The average molecular weight is 297 g/mol. The summed E-state index contributed by atoms with van der Waals surface area (Å²) in [6.07, 6.45) is 4.10. The molecule has 0 aromatic heterocycles. The minimum Gasteiger partial charge on any atom is -0.387 e. The van der Waals surface area contributed by atoms with E-state index in [1.165, 1.54) is 21.9 Å². The Morgan fingerprint density at radius 3 is 2.55 bits per heavy atom. The Bertz CT molecular complexity index is 643. The van der Waals surface area contributed by atoms with Crippen molar-refractivity contribution in [3.63, 3.8) is 0 Å². The third kappa shape index (κ3) is 2.90. The van der Waals surface area contributed by atoms with Crippen LogP contribution >= 0.6 is 0 Å². The summed E-state index contributed by atoms with van der Waals surface area (Å²) in [6, 6.07) is 10.9. The van der Waals surface area contributed by atoms with Crippen molar-refractivity contribution in [1.29, 1.82) is 0 Å². The molecule has 1 aliphatic carbocycles. The van der Waals surface area contributed by atoms with E-state index in [1.54, 1.807) is 0 Å². The molecule has 2 aromatic carbocycles. The number of hydrogen-bond acceptors (Lipinski definition) is 2. The van der Waals surface area contributed by atoms with E-state index < -0.39 is 0 Å². The number of aliphatic hydroxyl groups is 1. The van der Waals surface area contributed by atoms with Gasteiger partial charge >= 0.3 is 0 Å². The molecule has 22 heavy (non-hydrogen) atoms. The SMILES string of the molecule is CCCN(CCC)CC(O)c1ccc2cccc3c2c1CC3. The first-order chi connectivity index (χ1) is 10.7. The lowest BCUT2D eigenvalue weighted by Gasteiger charge is -2.25. The van der Waals surface area contributed by atoms with E-state index in [9.17, 15) is 5.11 Å². The van der Waals surface area contributed by atoms with Crippen LogP contribution in [0.25, 0.3) is 10.8 Å². The summed E-state index contributed by atoms with van der Waals surface area (Å²) >= 11 is 0. The summed E-state index contributed by atoms with van der Waals surface area (Å²) in [7, 11) is 0. The smallest absolute Gasteiger partial charge is 0.0919 e. The highest BCUT2D eigenvalue weighted by molar-refractivity contribution is 5.91. The zero-order chi connectivity index (χ0) is 15.5. The van der Waals surface area contributed by atoms with Crippen molar-refractivity contribution in [2.45, 2.75) is 45.6 Å². The molecule has 0 saturated carbocycles. The maximum atomic E-state index is 10.8. The Hall–Kier alpha value is -1.38. The van der Waals surface area contributed by atoms with Gasteiger partial charge in [-0.15, -0.1) is 0 Å². The van der Waals surface area contributed by atoms with Crippen molar-refractivity contribution >= 4 is 10.8 Å². The van der Waals surface area contributed by atoms with Gasteiger partial charge in [0.05, 0.1) is 6.10 Å². The number of rotatable bonds is 7. The lowest BCUT2D eigenvalue weighted by molar-refractivity contribution is 0.112. The van der Waals surface area contributed by atoms with Gasteiger partial charge in [0.2, 0.25) is 0 Å². The Kier molecular flexibility index (Phi) is 4.80. The van der Waals surface area contributed by atoms with Crippen molar-refractivity contribution in [2.24, 2.45) is 0 Å². The predicted molar refractivity (Wildman–Crippen MR) is 93.3 cm³/mol. The molecule has 1 N–H and O–H groups in total. The zero-order valence-electron chi connectivity index (χ0n) is 13.8. The maximum absolute atomic E-state index is 10.8. The fraction of sp³-hybridized carbons (Fsp3) is 0.500. The first kappa shape index (κ1) is 15.5. The van der Waals surface area contributed by atoms with Crippen molar-refractivity contribution in [2.75, 3.05) is 19.6 Å². The molecule has 3 rings (SSSR count). The van der Waals surface area contributed by atoms with Gasteiger partial charge in [-0.1, -0.05) is 44.2 Å². The highest BCUT2D eigenvalue weighted by Gasteiger charge is 2.22. The van der Waals surface area contributed by atoms with Crippen LogP contribution < -0.4 is 0 Å². The van der Waals surface area contributed by atoms with E-state index in [2.05, 4.69) is 49.1 Å². The molecule has 0 fully saturated rings. The molecule has 0 heterocycles. The molecular formula is C20H27NO. The van der Waals surface area contributed by atoms with Crippen molar-refractivity contribution in [3.8, 4) is 0 Å². The average Bonchev–Trinajstić information content (AvgIpc) is 2.94. The van der Waals surface area contributed by atoms with Crippen LogP contribution in [0.15, 0.2) is 30.3 Å². The minimum absolute atomic E-state index is 0.372. The van der Waals surface area contributed by atoms with Gasteiger partial charge in [0.25, 0.3) is 0 Å². The van der Waals surface area contributed by atoms with Gasteiger partial charge in [-0.3, -0.25) is 0 Å². The van der Waals surface area contributed by atoms with Crippen LogP contribution in [0.4, 0.5) is 0 Å². The molecule has 118 valence electrons. The van der Waals surface area contributed by atoms with Gasteiger partial charge in [0.1, 0.15) is 0 Å². The fourth-order valence-electron chi connectivity index (χ4n) is 3.87. The first-order valence-corrected chi connectivity index (χ1v) is 8.68. The monoisotopic (exact) mass is 297 g/mol. The topological polar surface area (TPSA) is 23.5 Å². The second-order valence-corrected chi connectivity index (χ2v) is 6.46. The quantitative estimate of drug-likeness (QED) is 0.832. The van der Waals surface area contributed by atoms with Crippen LogP contribution in [0.3, 0.4) is 0 Å². The van der Waals surface area contributed by atoms with Gasteiger partial charge in [-0.05, 0) is 66.2 Å². The van der Waals surface area contributed by atoms with Crippen LogP contribution in [0, 0.1) is 0 Å². The summed E-state index contributed by atoms with van der Waals surface area (Å²) in [5.41, 5.74) is 3.98. The Balaban J connectivity index is 1.88. The van der Waals surface area contributed by atoms with E-state index in [0.717, 1.165) is 50.9 Å². The standard InChI is InChI=1S/C20H27NO/c1-3-12-21(13-4-2)14-19(22)17-10-8-15-6-5-7-16-9-11-18(17)20(15)16/h5-8,10,19,22H,3-4,9,11-14H2,1-2H3. The van der Waals surface area contributed by atoms with Crippen LogP contribution in [0.5, 0.6) is 0 Å². The number of benzene rings is 2. The molecule has 0 amide bonds. The molecule has 2 heteroatoms. The van der Waals surface area contributed by atoms with Gasteiger partial charge in [0, 0.05) is 6.54 Å². The van der Waals surface area contributed by atoms with E-state index in [0.29, 0.717) is 0 Å². The largest absolute Gasteiger partial charge is 0.387 e. The van der Waals surface area contributed by atoms with Gasteiger partial charge in [0.15, 0.2) is 0 Å². The second kappa shape index (κ2) is 6.80. The highest BCUT2D eigenvalue weighted by Crippen LogP contribution is 2.35. The Morgan fingerprint density at radius 2 is 1.82 bits per heavy atom. The molecule has 1 aliphatic rings. The molecule has 0 spiro atoms. The molecule has 0 aliphatic heterocycles. The molecule has 0 radical (unpaired) electrons. The fourth-order valence-corrected chi connectivity index (χ4v) is 3.87. The first-order valence-electron chi connectivity index (χ1n) is 8.68. The van der Waals surface area contributed by atoms with Gasteiger partial charge < -0.3 is 10.0 Å². The van der Waals surface area contributed by atoms with Crippen molar-refractivity contribution < 1.29 is 5.11 Å². The normalized spacial score (nSPS) is 14.9. The molecule has 1 atom stereocenters. The van der Waals surface area contributed by atoms with Crippen LogP contribution in [-0.4, -0.2) is 29.6 Å². The Labute approximate surface area is 133 Å². The van der Waals surface area contributed by atoms with E-state index >= 15 is 0 Å². The van der Waals surface area contributed by atoms with Crippen LogP contribution in [-0.2, 0) is 12.8 Å². The molecule has 0 bridgehead atoms.